The molecule has 2 aromatic carbocycles. The summed E-state index contributed by atoms with van der Waals surface area (Å²) in [6.07, 6.45) is 1.15. The van der Waals surface area contributed by atoms with Gasteiger partial charge in [0.2, 0.25) is 0 Å². The van der Waals surface area contributed by atoms with Gasteiger partial charge in [0, 0.05) is 3.57 Å². The Kier molecular flexibility index (Phi) is 4.16. The lowest BCUT2D eigenvalue weighted by Gasteiger charge is -2.02. The molecule has 0 heterocycles. The lowest BCUT2D eigenvalue weighted by Crippen LogP contribution is -1.92. The van der Waals surface area contributed by atoms with Crippen molar-refractivity contribution < 1.29 is 0 Å². The Hall–Kier alpha value is -0.400. The van der Waals surface area contributed by atoms with Gasteiger partial charge in [-0.3, -0.25) is 0 Å². The average molecular weight is 326 g/mol. The van der Waals surface area contributed by atoms with Gasteiger partial charge in [-0.2, -0.15) is 0 Å². The van der Waals surface area contributed by atoms with E-state index in [9.17, 15) is 0 Å². The molecule has 1 unspecified atom stereocenters. The number of benzene rings is 2. The van der Waals surface area contributed by atoms with E-state index in [0.717, 1.165) is 14.7 Å². The molecule has 0 spiro atoms. The minimum atomic E-state index is 0.876. The van der Waals surface area contributed by atoms with Crippen molar-refractivity contribution in [1.82, 2.24) is 0 Å². The van der Waals surface area contributed by atoms with Crippen LogP contribution in [0.1, 0.15) is 5.56 Å². The summed E-state index contributed by atoms with van der Waals surface area (Å²) in [5.41, 5.74) is 1.43. The molecule has 0 aromatic heterocycles. The van der Waals surface area contributed by atoms with Crippen LogP contribution in [-0.2, 0) is 6.16 Å². The monoisotopic (exact) mass is 326 g/mol. The van der Waals surface area contributed by atoms with E-state index >= 15 is 0 Å². The third-order valence-corrected chi connectivity index (χ3v) is 4.23. The molecule has 76 valence electrons. The molecule has 0 aliphatic rings. The van der Waals surface area contributed by atoms with Crippen molar-refractivity contribution >= 4 is 36.5 Å². The fourth-order valence-corrected chi connectivity index (χ4v) is 2.79. The first kappa shape index (κ1) is 11.1. The normalized spacial score (nSPS) is 11.0. The van der Waals surface area contributed by atoms with Gasteiger partial charge in [0.1, 0.15) is 0 Å². The number of hydrogen-bond donors (Lipinski definition) is 0. The van der Waals surface area contributed by atoms with E-state index in [0.29, 0.717) is 0 Å². The van der Waals surface area contributed by atoms with Crippen molar-refractivity contribution in [3.63, 3.8) is 0 Å². The molecule has 0 saturated heterocycles. The average Bonchev–Trinajstić information content (AvgIpc) is 2.30. The maximum atomic E-state index is 2.34. The van der Waals surface area contributed by atoms with E-state index in [1.807, 2.05) is 0 Å². The molecule has 0 fully saturated rings. The summed E-state index contributed by atoms with van der Waals surface area (Å²) in [7, 11) is 0.876. The van der Waals surface area contributed by atoms with Crippen molar-refractivity contribution in [1.29, 1.82) is 0 Å². The van der Waals surface area contributed by atoms with Gasteiger partial charge >= 0.3 is 0 Å². The maximum absolute atomic E-state index is 2.34. The molecule has 0 aliphatic carbocycles. The van der Waals surface area contributed by atoms with Gasteiger partial charge in [-0.25, -0.2) is 0 Å². The standard InChI is InChI=1S/C13H12IP/c14-12-8-6-11(7-9-12)10-15-13-4-2-1-3-5-13/h1-9,15H,10H2. The molecule has 2 heteroatoms. The highest BCUT2D eigenvalue weighted by Crippen LogP contribution is 2.18. The second-order valence-corrected chi connectivity index (χ2v) is 5.88. The van der Waals surface area contributed by atoms with Crippen LogP contribution in [0.5, 0.6) is 0 Å². The molecular weight excluding hydrogens is 314 g/mol. The lowest BCUT2D eigenvalue weighted by molar-refractivity contribution is 1.40. The molecule has 1 atom stereocenters. The van der Waals surface area contributed by atoms with Crippen molar-refractivity contribution in [3.8, 4) is 0 Å². The van der Waals surface area contributed by atoms with Gasteiger partial charge in [-0.15, -0.1) is 0 Å². The SMILES string of the molecule is Ic1ccc(CPc2ccccc2)cc1. The molecule has 2 aromatic rings. The van der Waals surface area contributed by atoms with Crippen LogP contribution in [0, 0.1) is 3.57 Å². The third-order valence-electron chi connectivity index (χ3n) is 2.18. The minimum absolute atomic E-state index is 0.876. The van der Waals surface area contributed by atoms with Crippen LogP contribution >= 0.6 is 31.2 Å². The zero-order chi connectivity index (χ0) is 10.5. The van der Waals surface area contributed by atoms with Gasteiger partial charge in [0.25, 0.3) is 0 Å². The molecule has 0 aliphatic heterocycles. The summed E-state index contributed by atoms with van der Waals surface area (Å²) in [4.78, 5) is 0. The molecule has 0 nitrogen and oxygen atoms in total. The van der Waals surface area contributed by atoms with Crippen LogP contribution < -0.4 is 5.30 Å². The molecule has 0 radical (unpaired) electrons. The second kappa shape index (κ2) is 5.62. The number of halogens is 1. The third kappa shape index (κ3) is 3.58. The van der Waals surface area contributed by atoms with Crippen LogP contribution in [0.15, 0.2) is 54.6 Å². The van der Waals surface area contributed by atoms with Crippen LogP contribution in [0.25, 0.3) is 0 Å². The smallest absolute Gasteiger partial charge is 0.0130 e. The summed E-state index contributed by atoms with van der Waals surface area (Å²) in [6, 6.07) is 19.5. The maximum Gasteiger partial charge on any atom is 0.0130 e. The second-order valence-electron chi connectivity index (χ2n) is 3.35. The quantitative estimate of drug-likeness (QED) is 0.595. The first-order chi connectivity index (χ1) is 7.34. The Morgan fingerprint density at radius 1 is 0.867 bits per heavy atom. The van der Waals surface area contributed by atoms with Crippen molar-refractivity contribution in [3.05, 3.63) is 63.7 Å². The molecule has 15 heavy (non-hydrogen) atoms. The topological polar surface area (TPSA) is 0 Å². The predicted molar refractivity (Wildman–Crippen MR) is 77.3 cm³/mol. The summed E-state index contributed by atoms with van der Waals surface area (Å²) in [5, 5.41) is 1.44. The zero-order valence-electron chi connectivity index (χ0n) is 8.28. The Morgan fingerprint density at radius 3 is 2.20 bits per heavy atom. The summed E-state index contributed by atoms with van der Waals surface area (Å²) in [6.45, 7) is 0. The van der Waals surface area contributed by atoms with Gasteiger partial charge < -0.3 is 0 Å². The number of rotatable bonds is 3. The van der Waals surface area contributed by atoms with Crippen LogP contribution in [0.3, 0.4) is 0 Å². The van der Waals surface area contributed by atoms with Crippen LogP contribution in [-0.4, -0.2) is 0 Å². The molecular formula is C13H12IP. The Labute approximate surface area is 106 Å². The summed E-state index contributed by atoms with van der Waals surface area (Å²) < 4.78 is 1.30. The van der Waals surface area contributed by atoms with Crippen LogP contribution in [0.2, 0.25) is 0 Å². The predicted octanol–water partition coefficient (Wildman–Crippen LogP) is 3.80. The fourth-order valence-electron chi connectivity index (χ4n) is 1.36. The van der Waals surface area contributed by atoms with E-state index in [1.165, 1.54) is 14.4 Å². The highest BCUT2D eigenvalue weighted by Gasteiger charge is 1.94. The minimum Gasteiger partial charge on any atom is -0.0859 e. The molecule has 2 rings (SSSR count). The van der Waals surface area contributed by atoms with Gasteiger partial charge in [-0.05, 0) is 51.8 Å². The van der Waals surface area contributed by atoms with Gasteiger partial charge in [-0.1, -0.05) is 51.0 Å². The highest BCUT2D eigenvalue weighted by atomic mass is 127. The van der Waals surface area contributed by atoms with Crippen molar-refractivity contribution in [2.75, 3.05) is 0 Å². The highest BCUT2D eigenvalue weighted by molar-refractivity contribution is 14.1. The summed E-state index contributed by atoms with van der Waals surface area (Å²) >= 11 is 2.34. The molecule has 0 bridgehead atoms. The Balaban J connectivity index is 1.96. The largest absolute Gasteiger partial charge is 0.0859 e. The van der Waals surface area contributed by atoms with Crippen molar-refractivity contribution in [2.45, 2.75) is 6.16 Å². The van der Waals surface area contributed by atoms with Crippen LogP contribution in [0.4, 0.5) is 0 Å². The van der Waals surface area contributed by atoms with E-state index in [2.05, 4.69) is 77.2 Å². The first-order valence-electron chi connectivity index (χ1n) is 4.88. The zero-order valence-corrected chi connectivity index (χ0v) is 11.4. The van der Waals surface area contributed by atoms with Gasteiger partial charge in [0.05, 0.1) is 0 Å². The van der Waals surface area contributed by atoms with E-state index in [-0.39, 0.29) is 0 Å². The van der Waals surface area contributed by atoms with E-state index in [1.54, 1.807) is 0 Å². The lowest BCUT2D eigenvalue weighted by atomic mass is 10.2. The summed E-state index contributed by atoms with van der Waals surface area (Å²) in [5.74, 6) is 0. The van der Waals surface area contributed by atoms with Crippen molar-refractivity contribution in [2.24, 2.45) is 0 Å². The number of hydrogen-bond acceptors (Lipinski definition) is 0. The molecule has 0 N–H and O–H groups in total. The fraction of sp³-hybridized carbons (Fsp3) is 0.0769. The molecule has 0 saturated carbocycles. The Morgan fingerprint density at radius 2 is 1.53 bits per heavy atom. The van der Waals surface area contributed by atoms with E-state index < -0.39 is 0 Å². The molecule has 0 amide bonds. The Bertz CT molecular complexity index is 408. The van der Waals surface area contributed by atoms with Gasteiger partial charge in [0.15, 0.2) is 0 Å². The van der Waals surface area contributed by atoms with E-state index in [4.69, 9.17) is 0 Å². The first-order valence-corrected chi connectivity index (χ1v) is 7.16.